The van der Waals surface area contributed by atoms with Crippen LogP contribution in [0.2, 0.25) is 0 Å². The third kappa shape index (κ3) is 4.14. The molecule has 0 aromatic heterocycles. The highest BCUT2D eigenvalue weighted by Crippen LogP contribution is 2.29. The molecule has 8 nitrogen and oxygen atoms in total. The first-order valence-corrected chi connectivity index (χ1v) is 8.74. The maximum atomic E-state index is 12.9. The van der Waals surface area contributed by atoms with Crippen molar-refractivity contribution in [2.24, 2.45) is 0 Å². The van der Waals surface area contributed by atoms with Gasteiger partial charge in [0.25, 0.3) is 11.6 Å². The highest BCUT2D eigenvalue weighted by molar-refractivity contribution is 9.10. The molecule has 0 saturated heterocycles. The summed E-state index contributed by atoms with van der Waals surface area (Å²) in [6.45, 7) is 1.63. The lowest BCUT2D eigenvalue weighted by molar-refractivity contribution is -0.384. The SMILES string of the molecule is CC1=C(C(=O)Nc2cccc([N+](=O)[O-])c2)C(c2ccc(Br)cc2)NC(=O)N1. The minimum absolute atomic E-state index is 0.127. The number of hydrogen-bond donors (Lipinski definition) is 3. The molecular weight excluding hydrogens is 416 g/mol. The van der Waals surface area contributed by atoms with Crippen LogP contribution in [0.3, 0.4) is 0 Å². The van der Waals surface area contributed by atoms with Gasteiger partial charge in [-0.05, 0) is 30.7 Å². The molecule has 0 saturated carbocycles. The molecule has 2 aromatic carbocycles. The van der Waals surface area contributed by atoms with E-state index in [1.165, 1.54) is 18.2 Å². The van der Waals surface area contributed by atoms with Crippen molar-refractivity contribution in [3.05, 3.63) is 80.0 Å². The van der Waals surface area contributed by atoms with Crippen molar-refractivity contribution in [3.63, 3.8) is 0 Å². The molecule has 1 heterocycles. The fraction of sp³-hybridized carbons (Fsp3) is 0.111. The van der Waals surface area contributed by atoms with Gasteiger partial charge >= 0.3 is 6.03 Å². The number of nitrogens with zero attached hydrogens (tertiary/aromatic N) is 1. The predicted molar refractivity (Wildman–Crippen MR) is 103 cm³/mol. The molecule has 3 N–H and O–H groups in total. The molecule has 0 aliphatic carbocycles. The van der Waals surface area contributed by atoms with Gasteiger partial charge in [-0.3, -0.25) is 14.9 Å². The van der Waals surface area contributed by atoms with Gasteiger partial charge in [0.15, 0.2) is 0 Å². The van der Waals surface area contributed by atoms with Crippen molar-refractivity contribution >= 4 is 39.2 Å². The second-order valence-corrected chi connectivity index (χ2v) is 6.80. The van der Waals surface area contributed by atoms with Crippen molar-refractivity contribution in [2.45, 2.75) is 13.0 Å². The molecule has 0 radical (unpaired) electrons. The van der Waals surface area contributed by atoms with Gasteiger partial charge in [-0.15, -0.1) is 0 Å². The van der Waals surface area contributed by atoms with Crippen LogP contribution in [-0.4, -0.2) is 16.9 Å². The van der Waals surface area contributed by atoms with Gasteiger partial charge in [0.1, 0.15) is 0 Å². The normalized spacial score (nSPS) is 16.4. The average molecular weight is 431 g/mol. The van der Waals surface area contributed by atoms with E-state index in [1.807, 2.05) is 12.1 Å². The smallest absolute Gasteiger partial charge is 0.319 e. The number of urea groups is 1. The fourth-order valence-electron chi connectivity index (χ4n) is 2.80. The van der Waals surface area contributed by atoms with E-state index >= 15 is 0 Å². The van der Waals surface area contributed by atoms with Crippen LogP contribution in [0.4, 0.5) is 16.2 Å². The first kappa shape index (κ1) is 18.6. The van der Waals surface area contributed by atoms with Gasteiger partial charge in [0.2, 0.25) is 0 Å². The summed E-state index contributed by atoms with van der Waals surface area (Å²) in [5.41, 5.74) is 1.63. The van der Waals surface area contributed by atoms with Gasteiger partial charge in [-0.25, -0.2) is 4.79 Å². The number of benzene rings is 2. The van der Waals surface area contributed by atoms with Crippen LogP contribution in [0.1, 0.15) is 18.5 Å². The summed E-state index contributed by atoms with van der Waals surface area (Å²) in [4.78, 5) is 35.2. The molecule has 2 aromatic rings. The Morgan fingerprint density at radius 2 is 1.93 bits per heavy atom. The lowest BCUT2D eigenvalue weighted by atomic mass is 9.95. The Morgan fingerprint density at radius 3 is 2.59 bits per heavy atom. The molecule has 1 aliphatic heterocycles. The molecule has 1 aliphatic rings. The third-order valence-corrected chi connectivity index (χ3v) is 4.56. The number of non-ortho nitro benzene ring substituents is 1. The van der Waals surface area contributed by atoms with E-state index in [0.717, 1.165) is 10.0 Å². The zero-order chi connectivity index (χ0) is 19.6. The summed E-state index contributed by atoms with van der Waals surface area (Å²) in [6.07, 6.45) is 0. The summed E-state index contributed by atoms with van der Waals surface area (Å²) >= 11 is 3.35. The highest BCUT2D eigenvalue weighted by Gasteiger charge is 2.31. The number of hydrogen-bond acceptors (Lipinski definition) is 4. The summed E-state index contributed by atoms with van der Waals surface area (Å²) in [5, 5.41) is 18.9. The third-order valence-electron chi connectivity index (χ3n) is 4.03. The Bertz CT molecular complexity index is 956. The summed E-state index contributed by atoms with van der Waals surface area (Å²) < 4.78 is 0.870. The van der Waals surface area contributed by atoms with Crippen molar-refractivity contribution in [2.75, 3.05) is 5.32 Å². The molecule has 0 fully saturated rings. The topological polar surface area (TPSA) is 113 Å². The summed E-state index contributed by atoms with van der Waals surface area (Å²) in [7, 11) is 0. The Balaban J connectivity index is 1.93. The number of carbonyl (C=O) groups excluding carboxylic acids is 2. The van der Waals surface area contributed by atoms with Crippen LogP contribution >= 0.6 is 15.9 Å². The largest absolute Gasteiger partial charge is 0.327 e. The number of amides is 3. The van der Waals surface area contributed by atoms with Crippen LogP contribution in [0.5, 0.6) is 0 Å². The maximum Gasteiger partial charge on any atom is 0.319 e. The van der Waals surface area contributed by atoms with Crippen LogP contribution in [0.25, 0.3) is 0 Å². The van der Waals surface area contributed by atoms with Gasteiger partial charge in [0.05, 0.1) is 16.5 Å². The molecule has 1 atom stereocenters. The molecule has 0 bridgehead atoms. The Kier molecular flexibility index (Phi) is 5.22. The van der Waals surface area contributed by atoms with Crippen LogP contribution < -0.4 is 16.0 Å². The molecular formula is C18H15BrN4O4. The Labute approximate surface area is 162 Å². The minimum atomic E-state index is -0.648. The second kappa shape index (κ2) is 7.58. The summed E-state index contributed by atoms with van der Waals surface area (Å²) in [5.74, 6) is -0.464. The van der Waals surface area contributed by atoms with E-state index in [1.54, 1.807) is 25.1 Å². The van der Waals surface area contributed by atoms with Crippen molar-refractivity contribution in [3.8, 4) is 0 Å². The van der Waals surface area contributed by atoms with Crippen molar-refractivity contribution in [1.29, 1.82) is 0 Å². The Hall–Kier alpha value is -3.20. The van der Waals surface area contributed by atoms with Crippen LogP contribution in [-0.2, 0) is 4.79 Å². The first-order valence-electron chi connectivity index (χ1n) is 7.94. The lowest BCUT2D eigenvalue weighted by Gasteiger charge is -2.28. The highest BCUT2D eigenvalue weighted by atomic mass is 79.9. The fourth-order valence-corrected chi connectivity index (χ4v) is 3.06. The molecule has 27 heavy (non-hydrogen) atoms. The Morgan fingerprint density at radius 1 is 1.22 bits per heavy atom. The van der Waals surface area contributed by atoms with Gasteiger partial charge < -0.3 is 16.0 Å². The molecule has 3 amide bonds. The maximum absolute atomic E-state index is 12.9. The molecule has 9 heteroatoms. The number of allylic oxidation sites excluding steroid dienone is 1. The van der Waals surface area contributed by atoms with Crippen molar-refractivity contribution < 1.29 is 14.5 Å². The van der Waals surface area contributed by atoms with E-state index in [9.17, 15) is 19.7 Å². The number of anilines is 1. The monoisotopic (exact) mass is 430 g/mol. The number of rotatable bonds is 4. The zero-order valence-corrected chi connectivity index (χ0v) is 15.7. The number of nitro groups is 1. The van der Waals surface area contributed by atoms with E-state index in [2.05, 4.69) is 31.9 Å². The summed E-state index contributed by atoms with van der Waals surface area (Å²) in [6, 6.07) is 11.8. The molecule has 1 unspecified atom stereocenters. The van der Waals surface area contributed by atoms with Gasteiger partial charge in [0, 0.05) is 28.0 Å². The average Bonchev–Trinajstić information content (AvgIpc) is 2.61. The van der Waals surface area contributed by atoms with Crippen molar-refractivity contribution in [1.82, 2.24) is 10.6 Å². The van der Waals surface area contributed by atoms with E-state index in [-0.39, 0.29) is 5.69 Å². The second-order valence-electron chi connectivity index (χ2n) is 5.88. The quantitative estimate of drug-likeness (QED) is 0.507. The lowest BCUT2D eigenvalue weighted by Crippen LogP contribution is -2.45. The number of carbonyl (C=O) groups is 2. The minimum Gasteiger partial charge on any atom is -0.327 e. The molecule has 3 rings (SSSR count). The predicted octanol–water partition coefficient (Wildman–Crippen LogP) is 3.62. The van der Waals surface area contributed by atoms with Crippen LogP contribution in [0, 0.1) is 10.1 Å². The number of nitrogens with one attached hydrogen (secondary N) is 3. The van der Waals surface area contributed by atoms with Gasteiger partial charge in [-0.2, -0.15) is 0 Å². The van der Waals surface area contributed by atoms with Gasteiger partial charge in [-0.1, -0.05) is 34.1 Å². The van der Waals surface area contributed by atoms with Crippen LogP contribution in [0.15, 0.2) is 64.3 Å². The van der Waals surface area contributed by atoms with E-state index in [0.29, 0.717) is 17.0 Å². The number of nitro benzene ring substituents is 1. The van der Waals surface area contributed by atoms with E-state index < -0.39 is 22.9 Å². The standard InChI is InChI=1S/C18H15BrN4O4/c1-10-15(17(24)21-13-3-2-4-14(9-13)23(26)27)16(22-18(25)20-10)11-5-7-12(19)8-6-11/h2-9,16H,1H3,(H,21,24)(H2,20,22,25). The molecule has 0 spiro atoms. The zero-order valence-electron chi connectivity index (χ0n) is 14.2. The van der Waals surface area contributed by atoms with E-state index in [4.69, 9.17) is 0 Å². The molecule has 138 valence electrons. The number of halogens is 1. The first-order chi connectivity index (χ1) is 12.8.